The SMILES string of the molecule is CCN1CC2OCCN(C)C2C1. The maximum absolute atomic E-state index is 5.72. The molecule has 2 fully saturated rings. The quantitative estimate of drug-likeness (QED) is 0.552. The predicted octanol–water partition coefficient (Wildman–Crippen LogP) is 0.0211. The van der Waals surface area contributed by atoms with Gasteiger partial charge in [0, 0.05) is 25.7 Å². The van der Waals surface area contributed by atoms with E-state index in [0.717, 1.165) is 26.2 Å². The number of likely N-dealkylation sites (N-methyl/N-ethyl adjacent to an activating group) is 2. The molecule has 3 nitrogen and oxygen atoms in total. The number of hydrogen-bond acceptors (Lipinski definition) is 3. The number of morpholine rings is 1. The van der Waals surface area contributed by atoms with Crippen LogP contribution in [0.4, 0.5) is 0 Å². The van der Waals surface area contributed by atoms with Gasteiger partial charge in [-0.3, -0.25) is 9.80 Å². The Kier molecular flexibility index (Phi) is 2.35. The monoisotopic (exact) mass is 170 g/mol. The third-order valence-corrected chi connectivity index (χ3v) is 3.10. The van der Waals surface area contributed by atoms with Crippen molar-refractivity contribution in [3.8, 4) is 0 Å². The number of nitrogens with zero attached hydrogens (tertiary/aromatic N) is 2. The molecule has 0 aromatic heterocycles. The first-order valence-corrected chi connectivity index (χ1v) is 4.85. The first-order valence-electron chi connectivity index (χ1n) is 4.85. The van der Waals surface area contributed by atoms with Crippen LogP contribution in [-0.4, -0.2) is 61.8 Å². The Morgan fingerprint density at radius 1 is 1.42 bits per heavy atom. The van der Waals surface area contributed by atoms with Crippen molar-refractivity contribution in [2.45, 2.75) is 19.1 Å². The van der Waals surface area contributed by atoms with Crippen LogP contribution in [0.3, 0.4) is 0 Å². The van der Waals surface area contributed by atoms with E-state index < -0.39 is 0 Å². The molecular weight excluding hydrogens is 152 g/mol. The van der Waals surface area contributed by atoms with E-state index in [1.54, 1.807) is 0 Å². The number of rotatable bonds is 1. The number of likely N-dealkylation sites (tertiary alicyclic amines) is 1. The Bertz CT molecular complexity index is 163. The second-order valence-electron chi connectivity index (χ2n) is 3.81. The lowest BCUT2D eigenvalue weighted by molar-refractivity contribution is -0.0369. The summed E-state index contributed by atoms with van der Waals surface area (Å²) < 4.78 is 5.72. The van der Waals surface area contributed by atoms with Crippen LogP contribution in [-0.2, 0) is 4.74 Å². The van der Waals surface area contributed by atoms with Crippen LogP contribution < -0.4 is 0 Å². The van der Waals surface area contributed by atoms with Gasteiger partial charge in [-0.15, -0.1) is 0 Å². The summed E-state index contributed by atoms with van der Waals surface area (Å²) in [6, 6.07) is 0.652. The lowest BCUT2D eigenvalue weighted by atomic mass is 10.1. The largest absolute Gasteiger partial charge is 0.374 e. The molecule has 2 atom stereocenters. The molecule has 0 aliphatic carbocycles. The Labute approximate surface area is 74.3 Å². The molecule has 0 spiro atoms. The van der Waals surface area contributed by atoms with Crippen molar-refractivity contribution >= 4 is 0 Å². The summed E-state index contributed by atoms with van der Waals surface area (Å²) in [5, 5.41) is 0. The van der Waals surface area contributed by atoms with Gasteiger partial charge in [-0.05, 0) is 13.6 Å². The molecule has 12 heavy (non-hydrogen) atoms. The average Bonchev–Trinajstić information content (AvgIpc) is 2.49. The van der Waals surface area contributed by atoms with Crippen LogP contribution in [0.5, 0.6) is 0 Å². The van der Waals surface area contributed by atoms with Crippen molar-refractivity contribution in [1.82, 2.24) is 9.80 Å². The van der Waals surface area contributed by atoms with Crippen LogP contribution >= 0.6 is 0 Å². The van der Waals surface area contributed by atoms with Gasteiger partial charge in [-0.25, -0.2) is 0 Å². The van der Waals surface area contributed by atoms with Gasteiger partial charge in [0.2, 0.25) is 0 Å². The highest BCUT2D eigenvalue weighted by atomic mass is 16.5. The highest BCUT2D eigenvalue weighted by Crippen LogP contribution is 2.20. The Morgan fingerprint density at radius 2 is 2.25 bits per heavy atom. The summed E-state index contributed by atoms with van der Waals surface area (Å²) in [6.45, 7) is 7.71. The molecule has 2 aliphatic rings. The molecule has 2 saturated heterocycles. The molecule has 3 heteroatoms. The summed E-state index contributed by atoms with van der Waals surface area (Å²) in [7, 11) is 2.21. The zero-order chi connectivity index (χ0) is 8.55. The van der Waals surface area contributed by atoms with Gasteiger partial charge < -0.3 is 4.74 Å². The number of fused-ring (bicyclic) bond motifs is 1. The van der Waals surface area contributed by atoms with E-state index in [0.29, 0.717) is 12.1 Å². The Hall–Kier alpha value is -0.120. The second-order valence-corrected chi connectivity index (χ2v) is 3.81. The van der Waals surface area contributed by atoms with E-state index in [4.69, 9.17) is 4.74 Å². The molecule has 0 saturated carbocycles. The van der Waals surface area contributed by atoms with E-state index in [2.05, 4.69) is 23.8 Å². The molecular formula is C9H18N2O. The third kappa shape index (κ3) is 1.37. The lowest BCUT2D eigenvalue weighted by Crippen LogP contribution is -2.48. The molecule has 2 heterocycles. The van der Waals surface area contributed by atoms with Gasteiger partial charge >= 0.3 is 0 Å². The number of hydrogen-bond donors (Lipinski definition) is 0. The molecule has 0 radical (unpaired) electrons. The Morgan fingerprint density at radius 3 is 2.92 bits per heavy atom. The first-order chi connectivity index (χ1) is 5.81. The van der Waals surface area contributed by atoms with Crippen LogP contribution in [0.15, 0.2) is 0 Å². The Balaban J connectivity index is 1.99. The molecule has 0 aromatic rings. The minimum atomic E-state index is 0.476. The van der Waals surface area contributed by atoms with Crippen LogP contribution in [0.1, 0.15) is 6.92 Å². The van der Waals surface area contributed by atoms with Gasteiger partial charge in [0.1, 0.15) is 0 Å². The first kappa shape index (κ1) is 8.48. The van der Waals surface area contributed by atoms with Crippen LogP contribution in [0.25, 0.3) is 0 Å². The van der Waals surface area contributed by atoms with Crippen molar-refractivity contribution in [1.29, 1.82) is 0 Å². The molecule has 0 amide bonds. The van der Waals surface area contributed by atoms with Crippen LogP contribution in [0, 0.1) is 0 Å². The smallest absolute Gasteiger partial charge is 0.0869 e. The fraction of sp³-hybridized carbons (Fsp3) is 1.00. The van der Waals surface area contributed by atoms with Gasteiger partial charge in [-0.1, -0.05) is 6.92 Å². The van der Waals surface area contributed by atoms with Crippen molar-refractivity contribution in [2.75, 3.05) is 39.8 Å². The molecule has 2 unspecified atom stereocenters. The van der Waals surface area contributed by atoms with Crippen molar-refractivity contribution in [3.63, 3.8) is 0 Å². The minimum Gasteiger partial charge on any atom is -0.374 e. The average molecular weight is 170 g/mol. The summed E-state index contributed by atoms with van der Waals surface area (Å²) in [6.07, 6.45) is 0.476. The minimum absolute atomic E-state index is 0.476. The second kappa shape index (κ2) is 3.32. The molecule has 0 bridgehead atoms. The topological polar surface area (TPSA) is 15.7 Å². The standard InChI is InChI=1S/C9H18N2O/c1-3-11-6-8-9(7-11)12-5-4-10(8)2/h8-9H,3-7H2,1-2H3. The molecule has 2 rings (SSSR count). The van der Waals surface area contributed by atoms with Gasteiger partial charge in [-0.2, -0.15) is 0 Å². The summed E-state index contributed by atoms with van der Waals surface area (Å²) in [5.74, 6) is 0. The normalized spacial score (nSPS) is 38.5. The summed E-state index contributed by atoms with van der Waals surface area (Å²) in [5.41, 5.74) is 0. The third-order valence-electron chi connectivity index (χ3n) is 3.10. The molecule has 0 aromatic carbocycles. The fourth-order valence-corrected chi connectivity index (χ4v) is 2.19. The van der Waals surface area contributed by atoms with E-state index in [9.17, 15) is 0 Å². The molecule has 70 valence electrons. The van der Waals surface area contributed by atoms with Gasteiger partial charge in [0.15, 0.2) is 0 Å². The highest BCUT2D eigenvalue weighted by Gasteiger charge is 2.37. The van der Waals surface area contributed by atoms with E-state index in [1.165, 1.54) is 6.54 Å². The van der Waals surface area contributed by atoms with E-state index in [1.807, 2.05) is 0 Å². The fourth-order valence-electron chi connectivity index (χ4n) is 2.19. The summed E-state index contributed by atoms with van der Waals surface area (Å²) in [4.78, 5) is 4.90. The van der Waals surface area contributed by atoms with Crippen molar-refractivity contribution in [2.24, 2.45) is 0 Å². The number of ether oxygens (including phenoxy) is 1. The van der Waals surface area contributed by atoms with Gasteiger partial charge in [0.25, 0.3) is 0 Å². The van der Waals surface area contributed by atoms with E-state index >= 15 is 0 Å². The van der Waals surface area contributed by atoms with Crippen molar-refractivity contribution < 1.29 is 4.74 Å². The predicted molar refractivity (Wildman–Crippen MR) is 48.3 cm³/mol. The van der Waals surface area contributed by atoms with Crippen LogP contribution in [0.2, 0.25) is 0 Å². The lowest BCUT2D eigenvalue weighted by Gasteiger charge is -2.33. The molecule has 0 N–H and O–H groups in total. The van der Waals surface area contributed by atoms with Crippen molar-refractivity contribution in [3.05, 3.63) is 0 Å². The van der Waals surface area contributed by atoms with Gasteiger partial charge in [0.05, 0.1) is 12.7 Å². The maximum Gasteiger partial charge on any atom is 0.0869 e. The molecule has 2 aliphatic heterocycles. The summed E-state index contributed by atoms with van der Waals surface area (Å²) >= 11 is 0. The zero-order valence-corrected chi connectivity index (χ0v) is 7.99. The van der Waals surface area contributed by atoms with E-state index in [-0.39, 0.29) is 0 Å². The zero-order valence-electron chi connectivity index (χ0n) is 7.99. The maximum atomic E-state index is 5.72. The highest BCUT2D eigenvalue weighted by molar-refractivity contribution is 4.92.